The molecule has 8 nitrogen and oxygen atoms in total. The van der Waals surface area contributed by atoms with Crippen molar-refractivity contribution in [2.75, 3.05) is 37.1 Å². The number of aromatic nitrogens is 1. The monoisotopic (exact) mass is 416 g/mol. The number of carbonyl (C=O) groups excluding carboxylic acids is 1. The topological polar surface area (TPSA) is 118 Å². The van der Waals surface area contributed by atoms with Gasteiger partial charge < -0.3 is 19.9 Å². The van der Waals surface area contributed by atoms with E-state index in [0.717, 1.165) is 25.9 Å². The molecule has 1 aromatic heterocycles. The van der Waals surface area contributed by atoms with Crippen molar-refractivity contribution in [1.82, 2.24) is 4.57 Å². The lowest BCUT2D eigenvalue weighted by Gasteiger charge is -2.33. The van der Waals surface area contributed by atoms with E-state index in [9.17, 15) is 18.5 Å². The summed E-state index contributed by atoms with van der Waals surface area (Å²) >= 11 is 0. The first kappa shape index (κ1) is 20.7. The van der Waals surface area contributed by atoms with Crippen molar-refractivity contribution < 1.29 is 17.9 Å². The molecular weight excluding hydrogens is 392 g/mol. The zero-order valence-corrected chi connectivity index (χ0v) is 17.5. The first-order chi connectivity index (χ1) is 13.7. The molecule has 2 heterocycles. The van der Waals surface area contributed by atoms with Gasteiger partial charge in [-0.25, -0.2) is 13.2 Å². The Balaban J connectivity index is 2.19. The normalized spacial score (nSPS) is 15.2. The van der Waals surface area contributed by atoms with E-state index >= 15 is 0 Å². The second-order valence-electron chi connectivity index (χ2n) is 7.37. The molecule has 2 aromatic rings. The fourth-order valence-corrected chi connectivity index (χ4v) is 4.47. The van der Waals surface area contributed by atoms with Gasteiger partial charge >= 0.3 is 5.97 Å². The molecule has 0 aliphatic carbocycles. The van der Waals surface area contributed by atoms with Crippen LogP contribution in [0, 0.1) is 17.2 Å². The van der Waals surface area contributed by atoms with Crippen LogP contribution in [0.25, 0.3) is 5.69 Å². The number of hydrogen-bond acceptors (Lipinski definition) is 7. The summed E-state index contributed by atoms with van der Waals surface area (Å²) < 4.78 is 31.0. The molecule has 1 aliphatic rings. The summed E-state index contributed by atoms with van der Waals surface area (Å²) in [6.45, 7) is 3.67. The van der Waals surface area contributed by atoms with Gasteiger partial charge in [-0.15, -0.1) is 0 Å². The van der Waals surface area contributed by atoms with Crippen molar-refractivity contribution in [1.29, 1.82) is 5.26 Å². The zero-order chi connectivity index (χ0) is 21.3. The molecule has 3 rings (SSSR count). The lowest BCUT2D eigenvalue weighted by molar-refractivity contribution is 0.0593. The van der Waals surface area contributed by atoms with Gasteiger partial charge in [0.1, 0.15) is 6.07 Å². The first-order valence-electron chi connectivity index (χ1n) is 9.26. The molecule has 1 saturated heterocycles. The molecule has 0 bridgehead atoms. The lowest BCUT2D eigenvalue weighted by Crippen LogP contribution is -2.33. The molecule has 154 valence electrons. The van der Waals surface area contributed by atoms with Crippen LogP contribution in [0.5, 0.6) is 0 Å². The van der Waals surface area contributed by atoms with E-state index in [4.69, 9.17) is 10.5 Å². The van der Waals surface area contributed by atoms with Gasteiger partial charge in [-0.1, -0.05) is 6.92 Å². The van der Waals surface area contributed by atoms with Crippen molar-refractivity contribution in [3.8, 4) is 11.8 Å². The number of benzene rings is 1. The molecule has 1 aromatic carbocycles. The van der Waals surface area contributed by atoms with Crippen molar-refractivity contribution >= 4 is 27.2 Å². The summed E-state index contributed by atoms with van der Waals surface area (Å²) in [5, 5.41) is 9.31. The van der Waals surface area contributed by atoms with Crippen LogP contribution >= 0.6 is 0 Å². The number of piperidine rings is 1. The van der Waals surface area contributed by atoms with Crippen molar-refractivity contribution in [2.45, 2.75) is 24.7 Å². The number of methoxy groups -OCH3 is 1. The number of ether oxygens (including phenoxy) is 1. The maximum Gasteiger partial charge on any atom is 0.357 e. The highest BCUT2D eigenvalue weighted by Gasteiger charge is 2.25. The molecule has 0 amide bonds. The predicted octanol–water partition coefficient (Wildman–Crippen LogP) is 2.36. The third-order valence-corrected chi connectivity index (χ3v) is 6.43. The van der Waals surface area contributed by atoms with Gasteiger partial charge in [0.05, 0.1) is 28.9 Å². The highest BCUT2D eigenvalue weighted by molar-refractivity contribution is 7.90. The molecule has 0 unspecified atom stereocenters. The Morgan fingerprint density at radius 2 is 1.97 bits per heavy atom. The summed E-state index contributed by atoms with van der Waals surface area (Å²) in [6.07, 6.45) is 4.57. The number of sulfone groups is 1. The van der Waals surface area contributed by atoms with Gasteiger partial charge in [-0.05, 0) is 37.0 Å². The van der Waals surface area contributed by atoms with Crippen molar-refractivity contribution in [3.63, 3.8) is 0 Å². The zero-order valence-electron chi connectivity index (χ0n) is 16.7. The largest absolute Gasteiger partial charge is 0.464 e. The number of nitrogens with zero attached hydrogens (tertiary/aromatic N) is 3. The Labute approximate surface area is 170 Å². The Bertz CT molecular complexity index is 1090. The van der Waals surface area contributed by atoms with E-state index in [0.29, 0.717) is 17.3 Å². The summed E-state index contributed by atoms with van der Waals surface area (Å²) in [7, 11) is -2.22. The SMILES string of the molecule is COC(=O)c1c(N)c(C#N)cn1-c1ccc(S(C)(=O)=O)c(N2CCC(C)CC2)c1. The van der Waals surface area contributed by atoms with Crippen LogP contribution in [0.15, 0.2) is 29.3 Å². The fraction of sp³-hybridized carbons (Fsp3) is 0.400. The second kappa shape index (κ2) is 7.79. The molecule has 29 heavy (non-hydrogen) atoms. The minimum atomic E-state index is -3.45. The Kier molecular flexibility index (Phi) is 5.57. The smallest absolute Gasteiger partial charge is 0.357 e. The van der Waals surface area contributed by atoms with Gasteiger partial charge in [0.25, 0.3) is 0 Å². The van der Waals surface area contributed by atoms with E-state index < -0.39 is 15.8 Å². The molecule has 9 heteroatoms. The van der Waals surface area contributed by atoms with Gasteiger partial charge in [0, 0.05) is 31.2 Å². The number of esters is 1. The molecule has 0 saturated carbocycles. The van der Waals surface area contributed by atoms with Gasteiger partial charge in [0.2, 0.25) is 0 Å². The van der Waals surface area contributed by atoms with Gasteiger partial charge in [-0.3, -0.25) is 0 Å². The summed E-state index contributed by atoms with van der Waals surface area (Å²) in [5.41, 5.74) is 7.29. The van der Waals surface area contributed by atoms with Crippen LogP contribution in [-0.2, 0) is 14.6 Å². The molecule has 0 spiro atoms. The van der Waals surface area contributed by atoms with E-state index in [1.807, 2.05) is 6.07 Å². The number of carbonyl (C=O) groups is 1. The maximum absolute atomic E-state index is 12.4. The summed E-state index contributed by atoms with van der Waals surface area (Å²) in [4.78, 5) is 14.6. The predicted molar refractivity (Wildman–Crippen MR) is 110 cm³/mol. The highest BCUT2D eigenvalue weighted by atomic mass is 32.2. The summed E-state index contributed by atoms with van der Waals surface area (Å²) in [6, 6.07) is 6.81. The third kappa shape index (κ3) is 3.93. The highest BCUT2D eigenvalue weighted by Crippen LogP contribution is 2.33. The molecule has 0 atom stereocenters. The molecule has 1 fully saturated rings. The Morgan fingerprint density at radius 3 is 2.52 bits per heavy atom. The van der Waals surface area contributed by atoms with Crippen molar-refractivity contribution in [2.24, 2.45) is 5.92 Å². The van der Waals surface area contributed by atoms with Crippen molar-refractivity contribution in [3.05, 3.63) is 35.7 Å². The Hall–Kier alpha value is -2.99. The van der Waals surface area contributed by atoms with Crippen LogP contribution in [0.2, 0.25) is 0 Å². The van der Waals surface area contributed by atoms with Crippen LogP contribution < -0.4 is 10.6 Å². The second-order valence-corrected chi connectivity index (χ2v) is 9.36. The van der Waals surface area contributed by atoms with E-state index in [1.165, 1.54) is 30.2 Å². The lowest BCUT2D eigenvalue weighted by atomic mass is 9.99. The molecule has 2 N–H and O–H groups in total. The molecular formula is C20H24N4O4S. The summed E-state index contributed by atoms with van der Waals surface area (Å²) in [5.74, 6) is -0.0889. The van der Waals surface area contributed by atoms with E-state index in [1.54, 1.807) is 12.1 Å². The number of rotatable bonds is 4. The van der Waals surface area contributed by atoms with E-state index in [2.05, 4.69) is 11.8 Å². The van der Waals surface area contributed by atoms with Gasteiger partial charge in [-0.2, -0.15) is 5.26 Å². The number of nitriles is 1. The first-order valence-corrected chi connectivity index (χ1v) is 11.1. The van der Waals surface area contributed by atoms with Crippen LogP contribution in [0.4, 0.5) is 11.4 Å². The Morgan fingerprint density at radius 1 is 1.31 bits per heavy atom. The maximum atomic E-state index is 12.4. The van der Waals surface area contributed by atoms with Crippen LogP contribution in [-0.4, -0.2) is 45.4 Å². The molecule has 0 radical (unpaired) electrons. The fourth-order valence-electron chi connectivity index (χ4n) is 3.58. The average molecular weight is 417 g/mol. The minimum absolute atomic E-state index is 0.0277. The van der Waals surface area contributed by atoms with E-state index in [-0.39, 0.29) is 21.8 Å². The minimum Gasteiger partial charge on any atom is -0.464 e. The molecule has 1 aliphatic heterocycles. The van der Waals surface area contributed by atoms with Crippen LogP contribution in [0.3, 0.4) is 0 Å². The average Bonchev–Trinajstić information content (AvgIpc) is 3.03. The van der Waals surface area contributed by atoms with Gasteiger partial charge in [0.15, 0.2) is 15.5 Å². The number of nitrogens with two attached hydrogens (primary N) is 1. The third-order valence-electron chi connectivity index (χ3n) is 5.29. The van der Waals surface area contributed by atoms with Crippen LogP contribution in [0.1, 0.15) is 35.8 Å². The number of anilines is 2. The number of hydrogen-bond donors (Lipinski definition) is 1. The standard InChI is InChI=1S/C20H24N4O4S/c1-13-6-8-23(9-7-13)16-10-15(4-5-17(16)29(3,26)27)24-12-14(11-21)18(22)19(24)20(25)28-2/h4-5,10,12-13H,6-9,22H2,1-3H3. The number of nitrogen functional groups attached to an aromatic ring is 1. The quantitative estimate of drug-likeness (QED) is 0.760.